The highest BCUT2D eigenvalue weighted by Gasteiger charge is 2.59. The van der Waals surface area contributed by atoms with E-state index < -0.39 is 11.8 Å². The van der Waals surface area contributed by atoms with Gasteiger partial charge in [-0.1, -0.05) is 0 Å². The Balaban J connectivity index is 1.91. The van der Waals surface area contributed by atoms with Crippen molar-refractivity contribution in [2.75, 3.05) is 0 Å². The Morgan fingerprint density at radius 2 is 1.92 bits per heavy atom. The normalized spacial score (nSPS) is 46.5. The Bertz CT molecular complexity index is 510. The van der Waals surface area contributed by atoms with E-state index in [0.717, 1.165) is 12.8 Å². The summed E-state index contributed by atoms with van der Waals surface area (Å²) < 4.78 is 20.4. The van der Waals surface area contributed by atoms with E-state index in [1.54, 1.807) is 0 Å². The van der Waals surface area contributed by atoms with Crippen LogP contribution in [0.2, 0.25) is 0 Å². The number of hydrogen-bond donors (Lipinski definition) is 2. The predicted molar refractivity (Wildman–Crippen MR) is 94.2 cm³/mol. The summed E-state index contributed by atoms with van der Waals surface area (Å²) in [6, 6.07) is 0.000254. The highest BCUT2D eigenvalue weighted by molar-refractivity contribution is 6.20. The maximum Gasteiger partial charge on any atom is 0.131 e. The first-order chi connectivity index (χ1) is 11.1. The first kappa shape index (κ1) is 18.4. The summed E-state index contributed by atoms with van der Waals surface area (Å²) in [6.45, 7) is 5.96. The van der Waals surface area contributed by atoms with Gasteiger partial charge in [-0.3, -0.25) is 4.99 Å². The van der Waals surface area contributed by atoms with Gasteiger partial charge >= 0.3 is 0 Å². The molecule has 2 fully saturated rings. The van der Waals surface area contributed by atoms with Crippen LogP contribution in [-0.2, 0) is 4.74 Å². The van der Waals surface area contributed by atoms with E-state index in [1.807, 2.05) is 20.8 Å². The number of ether oxygens (including phenoxy) is 1. The minimum Gasteiger partial charge on any atom is -0.385 e. The lowest BCUT2D eigenvalue weighted by atomic mass is 9.64. The van der Waals surface area contributed by atoms with Crippen molar-refractivity contribution in [1.82, 2.24) is 0 Å². The van der Waals surface area contributed by atoms with Gasteiger partial charge in [-0.2, -0.15) is 0 Å². The topological polar surface area (TPSA) is 67.8 Å². The average molecular weight is 361 g/mol. The van der Waals surface area contributed by atoms with Gasteiger partial charge in [0.1, 0.15) is 17.6 Å². The molecule has 4 nitrogen and oxygen atoms in total. The van der Waals surface area contributed by atoms with Crippen LogP contribution in [0, 0.1) is 11.8 Å². The number of hydrogen-bond acceptors (Lipinski definition) is 4. The minimum atomic E-state index is -1.31. The van der Waals surface area contributed by atoms with Gasteiger partial charge in [0.05, 0.1) is 17.7 Å². The van der Waals surface area contributed by atoms with Gasteiger partial charge < -0.3 is 15.6 Å². The molecule has 1 aliphatic heterocycles. The molecule has 1 heterocycles. The molecule has 7 atom stereocenters. The van der Waals surface area contributed by atoms with Gasteiger partial charge in [-0.05, 0) is 59.3 Å². The van der Waals surface area contributed by atoms with Crippen LogP contribution in [0.1, 0.15) is 59.3 Å². The molecule has 0 bridgehead atoms. The summed E-state index contributed by atoms with van der Waals surface area (Å²) in [4.78, 5) is 4.54. The van der Waals surface area contributed by atoms with E-state index in [-0.39, 0.29) is 47.2 Å². The zero-order valence-electron chi connectivity index (χ0n) is 14.8. The zero-order chi connectivity index (χ0) is 17.7. The van der Waals surface area contributed by atoms with Gasteiger partial charge in [0.15, 0.2) is 0 Å². The van der Waals surface area contributed by atoms with Gasteiger partial charge in [-0.25, -0.2) is 4.39 Å². The molecular formula is C18H30ClFN2O2. The second kappa shape index (κ2) is 6.40. The Hall–Kier alpha value is -0.390. The number of nitrogens with two attached hydrogens (primary N) is 1. The summed E-state index contributed by atoms with van der Waals surface area (Å²) in [7, 11) is 0. The number of nitrogens with zero attached hydrogens (tertiary/aromatic N) is 1. The van der Waals surface area contributed by atoms with Crippen molar-refractivity contribution in [1.29, 1.82) is 0 Å². The summed E-state index contributed by atoms with van der Waals surface area (Å²) >= 11 is 6.36. The monoisotopic (exact) mass is 360 g/mol. The molecule has 138 valence electrons. The second-order valence-corrected chi connectivity index (χ2v) is 9.33. The molecule has 6 heteroatoms. The molecule has 0 aromatic heterocycles. The standard InChI is InChI=1S/C18H30ClFN2O2/c1-17(2,3)24-15-7-5-11(20)9-13(15)18(23)12-8-10(19)4-6-14(12)22-16(18)21/h10-15,23H,4-9H2,1-3H3,(H2,21,22). The molecular weight excluding hydrogens is 331 g/mol. The molecule has 0 spiro atoms. The van der Waals surface area contributed by atoms with Crippen molar-refractivity contribution in [2.45, 2.75) is 94.2 Å². The molecule has 0 amide bonds. The zero-order valence-corrected chi connectivity index (χ0v) is 15.6. The van der Waals surface area contributed by atoms with Crippen molar-refractivity contribution in [3.05, 3.63) is 0 Å². The molecule has 3 N–H and O–H groups in total. The maximum absolute atomic E-state index is 14.2. The van der Waals surface area contributed by atoms with E-state index in [0.29, 0.717) is 19.3 Å². The van der Waals surface area contributed by atoms with Crippen LogP contribution in [-0.4, -0.2) is 45.8 Å². The van der Waals surface area contributed by atoms with Crippen LogP contribution in [0.5, 0.6) is 0 Å². The van der Waals surface area contributed by atoms with Gasteiger partial charge in [0.2, 0.25) is 0 Å². The van der Waals surface area contributed by atoms with Crippen LogP contribution in [0.3, 0.4) is 0 Å². The maximum atomic E-state index is 14.2. The van der Waals surface area contributed by atoms with Crippen LogP contribution in [0.15, 0.2) is 4.99 Å². The van der Waals surface area contributed by atoms with Crippen molar-refractivity contribution in [3.63, 3.8) is 0 Å². The third kappa shape index (κ3) is 3.32. The fraction of sp³-hybridized carbons (Fsp3) is 0.944. The number of halogens is 2. The molecule has 3 rings (SSSR count). The fourth-order valence-corrected chi connectivity index (χ4v) is 5.14. The SMILES string of the molecule is CC(C)(C)OC1CCC(F)CC1C1(O)C(N)=NC2CCC(Cl)CC21. The molecule has 7 unspecified atom stereocenters. The van der Waals surface area contributed by atoms with Crippen LogP contribution >= 0.6 is 11.6 Å². The van der Waals surface area contributed by atoms with E-state index >= 15 is 0 Å². The lowest BCUT2D eigenvalue weighted by Gasteiger charge is -2.48. The first-order valence-electron chi connectivity index (χ1n) is 9.13. The van der Waals surface area contributed by atoms with Gasteiger partial charge in [-0.15, -0.1) is 11.6 Å². The third-order valence-electron chi connectivity index (χ3n) is 5.82. The molecule has 2 aliphatic carbocycles. The number of aliphatic hydroxyl groups is 1. The van der Waals surface area contributed by atoms with Crippen LogP contribution in [0.4, 0.5) is 4.39 Å². The first-order valence-corrected chi connectivity index (χ1v) is 9.57. The molecule has 0 aromatic carbocycles. The summed E-state index contributed by atoms with van der Waals surface area (Å²) in [5.41, 5.74) is 4.54. The molecule has 0 saturated heterocycles. The van der Waals surface area contributed by atoms with Crippen LogP contribution in [0.25, 0.3) is 0 Å². The smallest absolute Gasteiger partial charge is 0.131 e. The Morgan fingerprint density at radius 3 is 2.58 bits per heavy atom. The number of aliphatic imine (C=N–C) groups is 1. The van der Waals surface area contributed by atoms with Crippen molar-refractivity contribution < 1.29 is 14.2 Å². The number of rotatable bonds is 2. The second-order valence-electron chi connectivity index (χ2n) is 8.71. The summed E-state index contributed by atoms with van der Waals surface area (Å²) in [5.74, 6) is -0.249. The quantitative estimate of drug-likeness (QED) is 0.743. The van der Waals surface area contributed by atoms with Crippen LogP contribution < -0.4 is 5.73 Å². The highest BCUT2D eigenvalue weighted by Crippen LogP contribution is 2.49. The molecule has 0 radical (unpaired) electrons. The van der Waals surface area contributed by atoms with E-state index in [1.165, 1.54) is 0 Å². The third-order valence-corrected chi connectivity index (χ3v) is 6.22. The largest absolute Gasteiger partial charge is 0.385 e. The lowest BCUT2D eigenvalue weighted by molar-refractivity contribution is -0.155. The number of alkyl halides is 2. The fourth-order valence-electron chi connectivity index (χ4n) is 4.82. The van der Waals surface area contributed by atoms with Crippen molar-refractivity contribution in [3.8, 4) is 0 Å². The van der Waals surface area contributed by atoms with Gasteiger partial charge in [0.25, 0.3) is 0 Å². The molecule has 2 saturated carbocycles. The van der Waals surface area contributed by atoms with Crippen molar-refractivity contribution >= 4 is 17.4 Å². The number of fused-ring (bicyclic) bond motifs is 1. The molecule has 0 aromatic rings. The Morgan fingerprint density at radius 1 is 1.21 bits per heavy atom. The number of amidine groups is 1. The minimum absolute atomic E-state index is 0.000254. The van der Waals surface area contributed by atoms with Crippen molar-refractivity contribution in [2.24, 2.45) is 22.6 Å². The summed E-state index contributed by atoms with van der Waals surface area (Å²) in [5, 5.41) is 11.6. The molecule has 24 heavy (non-hydrogen) atoms. The summed E-state index contributed by atoms with van der Waals surface area (Å²) in [6.07, 6.45) is 2.57. The Labute approximate surface area is 149 Å². The predicted octanol–water partition coefficient (Wildman–Crippen LogP) is 3.19. The van der Waals surface area contributed by atoms with E-state index in [4.69, 9.17) is 22.1 Å². The highest BCUT2D eigenvalue weighted by atomic mass is 35.5. The van der Waals surface area contributed by atoms with E-state index in [2.05, 4.69) is 4.99 Å². The lowest BCUT2D eigenvalue weighted by Crippen LogP contribution is -2.60. The van der Waals surface area contributed by atoms with E-state index in [9.17, 15) is 9.50 Å². The van der Waals surface area contributed by atoms with Gasteiger partial charge in [0, 0.05) is 17.2 Å². The Kier molecular flexibility index (Phi) is 4.91. The average Bonchev–Trinajstić information content (AvgIpc) is 2.72. The molecule has 3 aliphatic rings.